The third kappa shape index (κ3) is 7.17. The molecule has 0 aromatic heterocycles. The summed E-state index contributed by atoms with van der Waals surface area (Å²) in [5.41, 5.74) is 7.28. The molecule has 1 aromatic carbocycles. The summed E-state index contributed by atoms with van der Waals surface area (Å²) in [5, 5.41) is 2.73. The number of methoxy groups -OCH3 is 1. The number of halogens is 1. The van der Waals surface area contributed by atoms with Gasteiger partial charge in [-0.3, -0.25) is 9.52 Å². The maximum absolute atomic E-state index is 11.9. The molecule has 0 heterocycles. The van der Waals surface area contributed by atoms with E-state index in [2.05, 4.69) is 10.0 Å². The van der Waals surface area contributed by atoms with Gasteiger partial charge in [0.15, 0.2) is 0 Å². The minimum absolute atomic E-state index is 0. The van der Waals surface area contributed by atoms with Crippen molar-refractivity contribution in [3.63, 3.8) is 0 Å². The SMILES string of the molecule is CCS(=O)(=O)Nc1ccc(NC(=O)CC(CN)OC)cc1C.Cl. The molecule has 0 aliphatic rings. The molecule has 0 spiro atoms. The summed E-state index contributed by atoms with van der Waals surface area (Å²) in [7, 11) is -1.82. The van der Waals surface area contributed by atoms with E-state index >= 15 is 0 Å². The summed E-state index contributed by atoms with van der Waals surface area (Å²) in [6, 6.07) is 4.97. The first-order valence-corrected chi connectivity index (χ1v) is 8.60. The molecule has 0 aliphatic carbocycles. The largest absolute Gasteiger partial charge is 0.380 e. The Kier molecular flexibility index (Phi) is 9.14. The van der Waals surface area contributed by atoms with Crippen molar-refractivity contribution in [2.75, 3.05) is 29.4 Å². The fourth-order valence-corrected chi connectivity index (χ4v) is 2.49. The first kappa shape index (κ1) is 21.6. The van der Waals surface area contributed by atoms with Crippen LogP contribution >= 0.6 is 12.4 Å². The van der Waals surface area contributed by atoms with Gasteiger partial charge < -0.3 is 15.8 Å². The number of hydrogen-bond acceptors (Lipinski definition) is 5. The van der Waals surface area contributed by atoms with Crippen molar-refractivity contribution in [3.05, 3.63) is 23.8 Å². The van der Waals surface area contributed by atoms with Gasteiger partial charge in [-0.1, -0.05) is 0 Å². The van der Waals surface area contributed by atoms with Crippen LogP contribution in [0.1, 0.15) is 18.9 Å². The Labute approximate surface area is 143 Å². The van der Waals surface area contributed by atoms with E-state index < -0.39 is 10.0 Å². The number of nitrogens with one attached hydrogen (secondary N) is 2. The number of carbonyl (C=O) groups excluding carboxylic acids is 1. The maximum Gasteiger partial charge on any atom is 0.232 e. The molecule has 0 saturated carbocycles. The lowest BCUT2D eigenvalue weighted by Gasteiger charge is -2.14. The molecule has 0 aliphatic heterocycles. The van der Waals surface area contributed by atoms with Crippen molar-refractivity contribution in [2.45, 2.75) is 26.4 Å². The van der Waals surface area contributed by atoms with Gasteiger partial charge in [-0.15, -0.1) is 12.4 Å². The van der Waals surface area contributed by atoms with Gasteiger partial charge in [0.2, 0.25) is 15.9 Å². The first-order chi connectivity index (χ1) is 10.3. The molecular weight excluding hydrogens is 342 g/mol. The zero-order chi connectivity index (χ0) is 16.8. The molecule has 0 radical (unpaired) electrons. The van der Waals surface area contributed by atoms with Crippen molar-refractivity contribution in [1.82, 2.24) is 0 Å². The van der Waals surface area contributed by atoms with Crippen LogP contribution in [0.3, 0.4) is 0 Å². The number of carbonyl (C=O) groups is 1. The third-order valence-corrected chi connectivity index (χ3v) is 4.46. The van der Waals surface area contributed by atoms with E-state index in [1.54, 1.807) is 32.0 Å². The monoisotopic (exact) mass is 365 g/mol. The summed E-state index contributed by atoms with van der Waals surface area (Å²) in [4.78, 5) is 11.9. The Balaban J connectivity index is 0.00000484. The molecule has 1 unspecified atom stereocenters. The smallest absolute Gasteiger partial charge is 0.232 e. The van der Waals surface area contributed by atoms with E-state index in [-0.39, 0.29) is 43.1 Å². The van der Waals surface area contributed by atoms with Crippen LogP contribution in [0, 0.1) is 6.92 Å². The van der Waals surface area contributed by atoms with E-state index in [4.69, 9.17) is 10.5 Å². The van der Waals surface area contributed by atoms with Crippen LogP contribution in [0.25, 0.3) is 0 Å². The summed E-state index contributed by atoms with van der Waals surface area (Å²) in [5.74, 6) is -0.207. The maximum atomic E-state index is 11.9. The van der Waals surface area contributed by atoms with Crippen molar-refractivity contribution >= 4 is 39.7 Å². The number of sulfonamides is 1. The van der Waals surface area contributed by atoms with Crippen LogP contribution in [-0.4, -0.2) is 39.8 Å². The summed E-state index contributed by atoms with van der Waals surface area (Å²) >= 11 is 0. The quantitative estimate of drug-likeness (QED) is 0.646. The molecule has 0 bridgehead atoms. The third-order valence-electron chi connectivity index (χ3n) is 3.16. The average molecular weight is 366 g/mol. The van der Waals surface area contributed by atoms with E-state index in [1.807, 2.05) is 0 Å². The van der Waals surface area contributed by atoms with Crippen molar-refractivity contribution < 1.29 is 17.9 Å². The molecule has 1 atom stereocenters. The van der Waals surface area contributed by atoms with Crippen LogP contribution in [0.5, 0.6) is 0 Å². The van der Waals surface area contributed by atoms with Gasteiger partial charge >= 0.3 is 0 Å². The fourth-order valence-electron chi connectivity index (χ4n) is 1.78. The van der Waals surface area contributed by atoms with Gasteiger partial charge in [0, 0.05) is 19.3 Å². The number of ether oxygens (including phenoxy) is 1. The Morgan fingerprint density at radius 3 is 2.52 bits per heavy atom. The van der Waals surface area contributed by atoms with E-state index in [9.17, 15) is 13.2 Å². The van der Waals surface area contributed by atoms with Crippen molar-refractivity contribution in [3.8, 4) is 0 Å². The van der Waals surface area contributed by atoms with Crippen LogP contribution in [0.4, 0.5) is 11.4 Å². The number of anilines is 2. The highest BCUT2D eigenvalue weighted by Gasteiger charge is 2.13. The van der Waals surface area contributed by atoms with Gasteiger partial charge in [0.05, 0.1) is 24.0 Å². The number of hydrogen-bond donors (Lipinski definition) is 3. The van der Waals surface area contributed by atoms with E-state index in [1.165, 1.54) is 7.11 Å². The number of aryl methyl sites for hydroxylation is 1. The number of benzene rings is 1. The van der Waals surface area contributed by atoms with Crippen molar-refractivity contribution in [1.29, 1.82) is 0 Å². The molecule has 1 aromatic rings. The zero-order valence-corrected chi connectivity index (χ0v) is 15.1. The molecule has 7 nitrogen and oxygen atoms in total. The predicted molar refractivity (Wildman–Crippen MR) is 94.6 cm³/mol. The van der Waals surface area contributed by atoms with Gasteiger partial charge in [-0.05, 0) is 37.6 Å². The standard InChI is InChI=1S/C14H23N3O4S.ClH/c1-4-22(19,20)17-13-6-5-11(7-10(13)2)16-14(18)8-12(9-15)21-3;/h5-7,12,17H,4,8-9,15H2,1-3H3,(H,16,18);1H. The van der Waals surface area contributed by atoms with Gasteiger partial charge in [0.1, 0.15) is 0 Å². The first-order valence-electron chi connectivity index (χ1n) is 6.95. The zero-order valence-electron chi connectivity index (χ0n) is 13.5. The highest BCUT2D eigenvalue weighted by Crippen LogP contribution is 2.21. The minimum atomic E-state index is -3.32. The normalized spacial score (nSPS) is 12.2. The topological polar surface area (TPSA) is 111 Å². The van der Waals surface area contributed by atoms with Gasteiger partial charge in [0.25, 0.3) is 0 Å². The second-order valence-electron chi connectivity index (χ2n) is 4.88. The average Bonchev–Trinajstić information content (AvgIpc) is 2.47. The lowest BCUT2D eigenvalue weighted by atomic mass is 10.1. The Morgan fingerprint density at radius 1 is 1.39 bits per heavy atom. The second-order valence-corrected chi connectivity index (χ2v) is 6.89. The predicted octanol–water partition coefficient (Wildman–Crippen LogP) is 1.48. The lowest BCUT2D eigenvalue weighted by Crippen LogP contribution is -2.28. The summed E-state index contributed by atoms with van der Waals surface area (Å²) < 4.78 is 30.7. The van der Waals surface area contributed by atoms with Crippen molar-refractivity contribution in [2.24, 2.45) is 5.73 Å². The number of amides is 1. The molecule has 132 valence electrons. The molecule has 0 saturated heterocycles. The fraction of sp³-hybridized carbons (Fsp3) is 0.500. The number of nitrogens with two attached hydrogens (primary N) is 1. The van der Waals surface area contributed by atoms with Crippen LogP contribution in [-0.2, 0) is 19.6 Å². The van der Waals surface area contributed by atoms with E-state index in [0.717, 1.165) is 5.56 Å². The molecule has 23 heavy (non-hydrogen) atoms. The molecular formula is C14H24ClN3O4S. The lowest BCUT2D eigenvalue weighted by molar-refractivity contribution is -0.118. The highest BCUT2D eigenvalue weighted by atomic mass is 35.5. The number of rotatable bonds is 8. The Hall–Kier alpha value is -1.35. The van der Waals surface area contributed by atoms with Crippen LogP contribution in [0.15, 0.2) is 18.2 Å². The van der Waals surface area contributed by atoms with Crippen LogP contribution < -0.4 is 15.8 Å². The molecule has 1 rings (SSSR count). The molecule has 4 N–H and O–H groups in total. The summed E-state index contributed by atoms with van der Waals surface area (Å²) in [6.45, 7) is 3.59. The molecule has 9 heteroatoms. The highest BCUT2D eigenvalue weighted by molar-refractivity contribution is 7.92. The Morgan fingerprint density at radius 2 is 2.04 bits per heavy atom. The summed E-state index contributed by atoms with van der Waals surface area (Å²) in [6.07, 6.45) is -0.160. The van der Waals surface area contributed by atoms with Gasteiger partial charge in [-0.25, -0.2) is 8.42 Å². The molecule has 1 amide bonds. The second kappa shape index (κ2) is 9.71. The van der Waals surface area contributed by atoms with Crippen LogP contribution in [0.2, 0.25) is 0 Å². The van der Waals surface area contributed by atoms with Gasteiger partial charge in [-0.2, -0.15) is 0 Å². The van der Waals surface area contributed by atoms with E-state index in [0.29, 0.717) is 11.4 Å². The minimum Gasteiger partial charge on any atom is -0.380 e. The molecule has 0 fully saturated rings. The Bertz CT molecular complexity index is 618.